The van der Waals surface area contributed by atoms with Gasteiger partial charge in [-0.3, -0.25) is 9.59 Å². The topological polar surface area (TPSA) is 63.7 Å². The fourth-order valence-electron chi connectivity index (χ4n) is 2.17. The molecule has 0 atom stereocenters. The van der Waals surface area contributed by atoms with E-state index in [1.54, 1.807) is 43.3 Å². The molecule has 0 saturated carbocycles. The molecule has 5 nitrogen and oxygen atoms in total. The standard InChI is InChI=1S/C18H16ClNO4/c1-3-24-18(23)17(22)20(2)15-10-9-13(19)11-14(15)16(21)12-7-5-4-6-8-12/h4-11H,3H2,1-2H3. The molecule has 24 heavy (non-hydrogen) atoms. The molecule has 0 unspecified atom stereocenters. The fraction of sp³-hybridized carbons (Fsp3) is 0.167. The van der Waals surface area contributed by atoms with Crippen LogP contribution in [0.5, 0.6) is 0 Å². The number of esters is 1. The van der Waals surface area contributed by atoms with E-state index in [0.717, 1.165) is 4.90 Å². The summed E-state index contributed by atoms with van der Waals surface area (Å²) in [6.45, 7) is 1.70. The van der Waals surface area contributed by atoms with Gasteiger partial charge in [-0.15, -0.1) is 0 Å². The van der Waals surface area contributed by atoms with Gasteiger partial charge in [-0.1, -0.05) is 41.9 Å². The minimum Gasteiger partial charge on any atom is -0.459 e. The monoisotopic (exact) mass is 345 g/mol. The molecule has 0 radical (unpaired) electrons. The molecule has 0 bridgehead atoms. The molecule has 6 heteroatoms. The van der Waals surface area contributed by atoms with Crippen LogP contribution < -0.4 is 4.90 Å². The third-order valence-corrected chi connectivity index (χ3v) is 3.59. The largest absolute Gasteiger partial charge is 0.459 e. The number of rotatable bonds is 4. The van der Waals surface area contributed by atoms with Crippen LogP contribution in [-0.2, 0) is 14.3 Å². The van der Waals surface area contributed by atoms with Crippen LogP contribution in [0.15, 0.2) is 48.5 Å². The first-order chi connectivity index (χ1) is 11.5. The van der Waals surface area contributed by atoms with E-state index in [1.165, 1.54) is 19.2 Å². The summed E-state index contributed by atoms with van der Waals surface area (Å²) in [6, 6.07) is 13.2. The molecule has 0 saturated heterocycles. The van der Waals surface area contributed by atoms with Crippen LogP contribution in [0.3, 0.4) is 0 Å². The van der Waals surface area contributed by atoms with Gasteiger partial charge < -0.3 is 9.64 Å². The molecule has 2 rings (SSSR count). The summed E-state index contributed by atoms with van der Waals surface area (Å²) in [5.74, 6) is -2.13. The number of carbonyl (C=O) groups is 3. The van der Waals surface area contributed by atoms with Crippen molar-refractivity contribution < 1.29 is 19.1 Å². The van der Waals surface area contributed by atoms with E-state index < -0.39 is 11.9 Å². The average Bonchev–Trinajstić information content (AvgIpc) is 2.60. The second-order valence-corrected chi connectivity index (χ2v) is 5.38. The Balaban J connectivity index is 2.43. The molecule has 0 aromatic heterocycles. The van der Waals surface area contributed by atoms with Gasteiger partial charge in [0.15, 0.2) is 5.78 Å². The Morgan fingerprint density at radius 3 is 2.38 bits per heavy atom. The average molecular weight is 346 g/mol. The predicted molar refractivity (Wildman–Crippen MR) is 91.4 cm³/mol. The van der Waals surface area contributed by atoms with Gasteiger partial charge in [-0.25, -0.2) is 4.79 Å². The van der Waals surface area contributed by atoms with Crippen LogP contribution in [0.1, 0.15) is 22.8 Å². The lowest BCUT2D eigenvalue weighted by molar-refractivity contribution is -0.153. The third-order valence-electron chi connectivity index (χ3n) is 3.36. The first kappa shape index (κ1) is 17.7. The number of ketones is 1. The maximum absolute atomic E-state index is 12.7. The predicted octanol–water partition coefficient (Wildman–Crippen LogP) is 3.10. The van der Waals surface area contributed by atoms with Gasteiger partial charge in [0.05, 0.1) is 12.3 Å². The van der Waals surface area contributed by atoms with Gasteiger partial charge >= 0.3 is 11.9 Å². The highest BCUT2D eigenvalue weighted by atomic mass is 35.5. The molecule has 1 amide bonds. The summed E-state index contributed by atoms with van der Waals surface area (Å²) >= 11 is 6.00. The van der Waals surface area contributed by atoms with Crippen molar-refractivity contribution >= 4 is 34.9 Å². The highest BCUT2D eigenvalue weighted by Gasteiger charge is 2.25. The normalized spacial score (nSPS) is 10.1. The summed E-state index contributed by atoms with van der Waals surface area (Å²) in [7, 11) is 1.41. The lowest BCUT2D eigenvalue weighted by Gasteiger charge is -2.19. The molecule has 124 valence electrons. The van der Waals surface area contributed by atoms with E-state index in [0.29, 0.717) is 10.6 Å². The Morgan fingerprint density at radius 1 is 1.08 bits per heavy atom. The maximum atomic E-state index is 12.7. The number of hydrogen-bond donors (Lipinski definition) is 0. The van der Waals surface area contributed by atoms with E-state index in [9.17, 15) is 14.4 Å². The number of halogens is 1. The minimum atomic E-state index is -0.979. The number of likely N-dealkylation sites (N-methyl/N-ethyl adjacent to an activating group) is 1. The van der Waals surface area contributed by atoms with Gasteiger partial charge in [-0.05, 0) is 25.1 Å². The molecule has 0 aliphatic carbocycles. The van der Waals surface area contributed by atoms with Crippen molar-refractivity contribution in [1.82, 2.24) is 0 Å². The van der Waals surface area contributed by atoms with Crippen molar-refractivity contribution in [3.05, 3.63) is 64.7 Å². The van der Waals surface area contributed by atoms with Gasteiger partial charge in [0.1, 0.15) is 0 Å². The zero-order chi connectivity index (χ0) is 17.7. The summed E-state index contributed by atoms with van der Waals surface area (Å²) in [6.07, 6.45) is 0. The number of nitrogens with zero attached hydrogens (tertiary/aromatic N) is 1. The molecular formula is C18H16ClNO4. The van der Waals surface area contributed by atoms with Crippen LogP contribution in [0.4, 0.5) is 5.69 Å². The highest BCUT2D eigenvalue weighted by molar-refractivity contribution is 6.38. The Hall–Kier alpha value is -2.66. The number of benzene rings is 2. The van der Waals surface area contributed by atoms with Gasteiger partial charge in [0.2, 0.25) is 0 Å². The Labute approximate surface area is 144 Å². The highest BCUT2D eigenvalue weighted by Crippen LogP contribution is 2.26. The second kappa shape index (κ2) is 7.75. The third kappa shape index (κ3) is 3.81. The number of amides is 1. The van der Waals surface area contributed by atoms with Crippen molar-refractivity contribution in [2.24, 2.45) is 0 Å². The van der Waals surface area contributed by atoms with Gasteiger partial charge in [-0.2, -0.15) is 0 Å². The van der Waals surface area contributed by atoms with E-state index in [2.05, 4.69) is 0 Å². The lowest BCUT2D eigenvalue weighted by atomic mass is 10.0. The van der Waals surface area contributed by atoms with Crippen molar-refractivity contribution in [1.29, 1.82) is 0 Å². The number of hydrogen-bond acceptors (Lipinski definition) is 4. The first-order valence-electron chi connectivity index (χ1n) is 7.29. The summed E-state index contributed by atoms with van der Waals surface area (Å²) < 4.78 is 4.71. The molecule has 0 spiro atoms. The summed E-state index contributed by atoms with van der Waals surface area (Å²) in [5.41, 5.74) is 0.971. The fourth-order valence-corrected chi connectivity index (χ4v) is 2.34. The number of carbonyl (C=O) groups excluding carboxylic acids is 3. The van der Waals surface area contributed by atoms with E-state index in [1.807, 2.05) is 0 Å². The number of ether oxygens (including phenoxy) is 1. The second-order valence-electron chi connectivity index (χ2n) is 4.94. The van der Waals surface area contributed by atoms with Crippen molar-refractivity contribution in [3.63, 3.8) is 0 Å². The molecule has 2 aromatic rings. The molecular weight excluding hydrogens is 330 g/mol. The smallest absolute Gasteiger partial charge is 0.397 e. The van der Waals surface area contributed by atoms with Crippen molar-refractivity contribution in [3.8, 4) is 0 Å². The maximum Gasteiger partial charge on any atom is 0.397 e. The van der Waals surface area contributed by atoms with E-state index in [4.69, 9.17) is 16.3 Å². The van der Waals surface area contributed by atoms with Crippen LogP contribution in [0.2, 0.25) is 5.02 Å². The van der Waals surface area contributed by atoms with Crippen LogP contribution >= 0.6 is 11.6 Å². The quantitative estimate of drug-likeness (QED) is 0.485. The summed E-state index contributed by atoms with van der Waals surface area (Å²) in [5, 5.41) is 0.356. The lowest BCUT2D eigenvalue weighted by Crippen LogP contribution is -2.35. The molecule has 0 heterocycles. The van der Waals surface area contributed by atoms with Crippen LogP contribution in [0.25, 0.3) is 0 Å². The summed E-state index contributed by atoms with van der Waals surface area (Å²) in [4.78, 5) is 37.6. The molecule has 0 aliphatic heterocycles. The van der Waals surface area contributed by atoms with Crippen molar-refractivity contribution in [2.45, 2.75) is 6.92 Å². The van der Waals surface area contributed by atoms with E-state index in [-0.39, 0.29) is 23.6 Å². The van der Waals surface area contributed by atoms with Gasteiger partial charge in [0, 0.05) is 23.2 Å². The molecule has 0 aliphatic rings. The SMILES string of the molecule is CCOC(=O)C(=O)N(C)c1ccc(Cl)cc1C(=O)c1ccccc1. The van der Waals surface area contributed by atoms with E-state index >= 15 is 0 Å². The minimum absolute atomic E-state index is 0.0921. The number of anilines is 1. The zero-order valence-corrected chi connectivity index (χ0v) is 14.0. The zero-order valence-electron chi connectivity index (χ0n) is 13.3. The van der Waals surface area contributed by atoms with Crippen LogP contribution in [-0.4, -0.2) is 31.3 Å². The molecule has 0 N–H and O–H groups in total. The van der Waals surface area contributed by atoms with Crippen LogP contribution in [0, 0.1) is 0 Å². The van der Waals surface area contributed by atoms with Crippen molar-refractivity contribution in [2.75, 3.05) is 18.6 Å². The Kier molecular flexibility index (Phi) is 5.71. The first-order valence-corrected chi connectivity index (χ1v) is 7.67. The Morgan fingerprint density at radius 2 is 1.75 bits per heavy atom. The Bertz CT molecular complexity index is 774. The molecule has 0 fully saturated rings. The van der Waals surface area contributed by atoms with Gasteiger partial charge in [0.25, 0.3) is 0 Å². The molecule has 2 aromatic carbocycles.